The Kier molecular flexibility index (Phi) is 5.98. The van der Waals surface area contributed by atoms with Gasteiger partial charge in [0, 0.05) is 28.8 Å². The number of halogens is 1. The molecule has 0 spiro atoms. The number of methoxy groups -OCH3 is 1. The highest BCUT2D eigenvalue weighted by Crippen LogP contribution is 2.23. The number of carbonyl (C=O) groups excluding carboxylic acids is 2. The predicted molar refractivity (Wildman–Crippen MR) is 93.8 cm³/mol. The lowest BCUT2D eigenvalue weighted by Gasteiger charge is -2.05. The van der Waals surface area contributed by atoms with Crippen molar-refractivity contribution in [2.24, 2.45) is 5.73 Å². The summed E-state index contributed by atoms with van der Waals surface area (Å²) in [5.74, 6) is -0.106. The molecule has 0 bridgehead atoms. The number of rotatable bonds is 6. The topological polar surface area (TPSA) is 81.4 Å². The van der Waals surface area contributed by atoms with Crippen molar-refractivity contribution in [2.75, 3.05) is 7.11 Å². The quantitative estimate of drug-likeness (QED) is 0.790. The van der Waals surface area contributed by atoms with Gasteiger partial charge in [-0.3, -0.25) is 9.59 Å². The summed E-state index contributed by atoms with van der Waals surface area (Å²) in [6.07, 6.45) is 3.04. The Balaban J connectivity index is 1.96. The Bertz CT molecular complexity index is 770. The molecule has 2 rings (SSSR count). The Labute approximate surface area is 145 Å². The number of carbonyl (C=O) groups is 2. The third kappa shape index (κ3) is 4.86. The molecule has 0 radical (unpaired) electrons. The summed E-state index contributed by atoms with van der Waals surface area (Å²) in [5.41, 5.74) is 7.18. The van der Waals surface area contributed by atoms with Crippen LogP contribution in [-0.2, 0) is 11.3 Å². The molecule has 0 aliphatic rings. The second-order valence-corrected chi connectivity index (χ2v) is 5.44. The highest BCUT2D eigenvalue weighted by atomic mass is 35.5. The van der Waals surface area contributed by atoms with Crippen LogP contribution in [0.2, 0.25) is 5.02 Å². The minimum absolute atomic E-state index is 0.254. The summed E-state index contributed by atoms with van der Waals surface area (Å²) in [4.78, 5) is 22.9. The Morgan fingerprint density at radius 1 is 1.21 bits per heavy atom. The normalized spacial score (nSPS) is 10.6. The lowest BCUT2D eigenvalue weighted by atomic mass is 10.1. The summed E-state index contributed by atoms with van der Waals surface area (Å²) in [5, 5.41) is 3.31. The largest absolute Gasteiger partial charge is 0.496 e. The molecule has 5 nitrogen and oxygen atoms in total. The van der Waals surface area contributed by atoms with Crippen molar-refractivity contribution in [1.82, 2.24) is 5.32 Å². The lowest BCUT2D eigenvalue weighted by molar-refractivity contribution is -0.116. The van der Waals surface area contributed by atoms with Gasteiger partial charge in [-0.1, -0.05) is 23.7 Å². The fourth-order valence-electron chi connectivity index (χ4n) is 2.04. The van der Waals surface area contributed by atoms with E-state index in [1.807, 2.05) is 0 Å². The second kappa shape index (κ2) is 8.17. The molecule has 0 aromatic heterocycles. The van der Waals surface area contributed by atoms with Crippen LogP contribution in [0.3, 0.4) is 0 Å². The number of hydrogen-bond acceptors (Lipinski definition) is 3. The molecule has 0 heterocycles. The van der Waals surface area contributed by atoms with Crippen molar-refractivity contribution in [3.8, 4) is 5.75 Å². The molecule has 2 amide bonds. The zero-order valence-electron chi connectivity index (χ0n) is 13.1. The van der Waals surface area contributed by atoms with Crippen LogP contribution >= 0.6 is 11.6 Å². The lowest BCUT2D eigenvalue weighted by Crippen LogP contribution is -2.20. The standard InChI is InChI=1S/C18H17ClN2O3/c1-24-16-8-7-15(19)10-14(16)6-9-17(22)21-11-12-2-4-13(5-3-12)18(20)23/h2-10H,11H2,1H3,(H2,20,23)(H,21,22)/b9-6+. The Morgan fingerprint density at radius 3 is 2.54 bits per heavy atom. The van der Waals surface area contributed by atoms with Crippen LogP contribution in [0.1, 0.15) is 21.5 Å². The van der Waals surface area contributed by atoms with Crippen molar-refractivity contribution < 1.29 is 14.3 Å². The van der Waals surface area contributed by atoms with Gasteiger partial charge in [-0.25, -0.2) is 0 Å². The Morgan fingerprint density at radius 2 is 1.92 bits per heavy atom. The van der Waals surface area contributed by atoms with Gasteiger partial charge in [-0.2, -0.15) is 0 Å². The zero-order chi connectivity index (χ0) is 17.5. The van der Waals surface area contributed by atoms with Crippen molar-refractivity contribution in [2.45, 2.75) is 6.54 Å². The van der Waals surface area contributed by atoms with Gasteiger partial charge in [0.25, 0.3) is 0 Å². The molecule has 0 aliphatic carbocycles. The van der Waals surface area contributed by atoms with Gasteiger partial charge in [0.15, 0.2) is 0 Å². The van der Waals surface area contributed by atoms with Crippen LogP contribution in [0.4, 0.5) is 0 Å². The molecule has 3 N–H and O–H groups in total. The van der Waals surface area contributed by atoms with Gasteiger partial charge in [-0.15, -0.1) is 0 Å². The molecule has 0 aliphatic heterocycles. The first-order chi connectivity index (χ1) is 11.5. The van der Waals surface area contributed by atoms with Gasteiger partial charge in [0.1, 0.15) is 5.75 Å². The molecular weight excluding hydrogens is 328 g/mol. The van der Waals surface area contributed by atoms with E-state index in [0.29, 0.717) is 28.4 Å². The van der Waals surface area contributed by atoms with Crippen LogP contribution in [0.15, 0.2) is 48.5 Å². The third-order valence-electron chi connectivity index (χ3n) is 3.31. The smallest absolute Gasteiger partial charge is 0.248 e. The van der Waals surface area contributed by atoms with E-state index in [-0.39, 0.29) is 5.91 Å². The highest BCUT2D eigenvalue weighted by molar-refractivity contribution is 6.30. The molecule has 0 atom stereocenters. The summed E-state index contributed by atoms with van der Waals surface area (Å²) in [6.45, 7) is 0.342. The van der Waals surface area contributed by atoms with Crippen LogP contribution in [0, 0.1) is 0 Å². The van der Waals surface area contributed by atoms with E-state index >= 15 is 0 Å². The van der Waals surface area contributed by atoms with Crippen LogP contribution in [0.5, 0.6) is 5.75 Å². The Hall–Kier alpha value is -2.79. The second-order valence-electron chi connectivity index (χ2n) is 5.00. The highest BCUT2D eigenvalue weighted by Gasteiger charge is 2.03. The molecule has 0 unspecified atom stereocenters. The van der Waals surface area contributed by atoms with Crippen molar-refractivity contribution in [1.29, 1.82) is 0 Å². The van der Waals surface area contributed by atoms with Crippen LogP contribution in [0.25, 0.3) is 6.08 Å². The molecule has 0 saturated carbocycles. The van der Waals surface area contributed by atoms with Crippen molar-refractivity contribution >= 4 is 29.5 Å². The van der Waals surface area contributed by atoms with Crippen LogP contribution in [-0.4, -0.2) is 18.9 Å². The van der Waals surface area contributed by atoms with E-state index < -0.39 is 5.91 Å². The summed E-state index contributed by atoms with van der Waals surface area (Å²) >= 11 is 5.94. The molecule has 2 aromatic rings. The van der Waals surface area contributed by atoms with Gasteiger partial charge in [0.05, 0.1) is 7.11 Å². The van der Waals surface area contributed by atoms with E-state index in [1.54, 1.807) is 55.7 Å². The molecular formula is C18H17ClN2O3. The van der Waals surface area contributed by atoms with Gasteiger partial charge in [-0.05, 0) is 42.0 Å². The SMILES string of the molecule is COc1ccc(Cl)cc1/C=C/C(=O)NCc1ccc(C(N)=O)cc1. The fourth-order valence-corrected chi connectivity index (χ4v) is 2.22. The average molecular weight is 345 g/mol. The number of amides is 2. The summed E-state index contributed by atoms with van der Waals surface area (Å²) in [7, 11) is 1.55. The minimum Gasteiger partial charge on any atom is -0.496 e. The first kappa shape index (κ1) is 17.6. The number of nitrogens with two attached hydrogens (primary N) is 1. The number of ether oxygens (including phenoxy) is 1. The van der Waals surface area contributed by atoms with Gasteiger partial charge < -0.3 is 15.8 Å². The monoisotopic (exact) mass is 344 g/mol. The van der Waals surface area contributed by atoms with Crippen molar-refractivity contribution in [3.63, 3.8) is 0 Å². The summed E-state index contributed by atoms with van der Waals surface area (Å²) < 4.78 is 5.21. The predicted octanol–water partition coefficient (Wildman–Crippen LogP) is 2.78. The molecule has 6 heteroatoms. The first-order valence-corrected chi connectivity index (χ1v) is 7.55. The fraction of sp³-hybridized carbons (Fsp3) is 0.111. The number of benzene rings is 2. The number of hydrogen-bond donors (Lipinski definition) is 2. The first-order valence-electron chi connectivity index (χ1n) is 7.18. The van der Waals surface area contributed by atoms with E-state index in [0.717, 1.165) is 5.56 Å². The van der Waals surface area contributed by atoms with E-state index in [9.17, 15) is 9.59 Å². The molecule has 124 valence electrons. The molecule has 24 heavy (non-hydrogen) atoms. The molecule has 2 aromatic carbocycles. The maximum atomic E-state index is 11.9. The average Bonchev–Trinajstić information content (AvgIpc) is 2.58. The maximum absolute atomic E-state index is 11.9. The zero-order valence-corrected chi connectivity index (χ0v) is 13.8. The number of nitrogens with one attached hydrogen (secondary N) is 1. The van der Waals surface area contributed by atoms with E-state index in [1.165, 1.54) is 6.08 Å². The van der Waals surface area contributed by atoms with E-state index in [4.69, 9.17) is 22.1 Å². The van der Waals surface area contributed by atoms with Gasteiger partial charge >= 0.3 is 0 Å². The van der Waals surface area contributed by atoms with E-state index in [2.05, 4.69) is 5.32 Å². The molecule has 0 fully saturated rings. The molecule has 0 saturated heterocycles. The minimum atomic E-state index is -0.482. The third-order valence-corrected chi connectivity index (χ3v) is 3.55. The summed E-state index contributed by atoms with van der Waals surface area (Å²) in [6, 6.07) is 11.9. The number of primary amides is 1. The van der Waals surface area contributed by atoms with Crippen LogP contribution < -0.4 is 15.8 Å². The maximum Gasteiger partial charge on any atom is 0.248 e. The van der Waals surface area contributed by atoms with Gasteiger partial charge in [0.2, 0.25) is 11.8 Å². The van der Waals surface area contributed by atoms with Crippen molar-refractivity contribution in [3.05, 3.63) is 70.3 Å².